The maximum atomic E-state index is 14.5. The van der Waals surface area contributed by atoms with Crippen LogP contribution in [0.4, 0.5) is 4.39 Å². The Morgan fingerprint density at radius 3 is 2.23 bits per heavy atom. The van der Waals surface area contributed by atoms with Gasteiger partial charge in [0.1, 0.15) is 22.9 Å². The monoisotopic (exact) mass is 606 g/mol. The number of carbonyl (C=O) groups is 3. The molecule has 44 heavy (non-hydrogen) atoms. The number of aliphatic imine (C=N–C) groups is 1. The minimum Gasteiger partial charge on any atom is -0.481 e. The minimum absolute atomic E-state index is 0.0167. The van der Waals surface area contributed by atoms with Crippen molar-refractivity contribution in [3.05, 3.63) is 71.0 Å². The van der Waals surface area contributed by atoms with E-state index in [0.717, 1.165) is 12.8 Å². The van der Waals surface area contributed by atoms with Crippen molar-refractivity contribution in [2.45, 2.75) is 97.8 Å². The van der Waals surface area contributed by atoms with E-state index < -0.39 is 23.1 Å². The molecule has 1 unspecified atom stereocenters. The van der Waals surface area contributed by atoms with E-state index in [1.54, 1.807) is 41.3 Å². The third-order valence-corrected chi connectivity index (χ3v) is 9.18. The van der Waals surface area contributed by atoms with Gasteiger partial charge in [-0.3, -0.25) is 24.3 Å². The number of nitrogens with zero attached hydrogens (tertiary/aromatic N) is 2. The predicted molar refractivity (Wildman–Crippen MR) is 170 cm³/mol. The number of carbonyl (C=O) groups excluding carboxylic acids is 2. The lowest BCUT2D eigenvalue weighted by Gasteiger charge is -2.52. The molecule has 8 nitrogen and oxygen atoms in total. The molecule has 1 spiro atoms. The Morgan fingerprint density at radius 1 is 1.05 bits per heavy atom. The molecule has 4 N–H and O–H groups in total. The molecule has 238 valence electrons. The normalized spacial score (nSPS) is 22.1. The summed E-state index contributed by atoms with van der Waals surface area (Å²) < 4.78 is 14.4. The highest BCUT2D eigenvalue weighted by molar-refractivity contribution is 6.46. The minimum atomic E-state index is -1.27. The molecule has 1 atom stereocenters. The van der Waals surface area contributed by atoms with Crippen LogP contribution in [-0.2, 0) is 15.3 Å². The van der Waals surface area contributed by atoms with Crippen molar-refractivity contribution in [3.63, 3.8) is 0 Å². The summed E-state index contributed by atoms with van der Waals surface area (Å²) in [6, 6.07) is 12.9. The van der Waals surface area contributed by atoms with E-state index in [9.17, 15) is 18.8 Å². The van der Waals surface area contributed by atoms with Crippen molar-refractivity contribution in [3.8, 4) is 0 Å². The van der Waals surface area contributed by atoms with Gasteiger partial charge < -0.3 is 16.2 Å². The number of aliphatic carboxylic acids is 1. The van der Waals surface area contributed by atoms with E-state index in [1.807, 2.05) is 0 Å². The molecule has 2 amide bonds. The van der Waals surface area contributed by atoms with E-state index in [1.165, 1.54) is 12.1 Å². The van der Waals surface area contributed by atoms with E-state index in [0.29, 0.717) is 48.3 Å². The molecule has 0 saturated heterocycles. The molecule has 1 saturated carbocycles. The average Bonchev–Trinajstić information content (AvgIpc) is 3.22. The molecule has 1 fully saturated rings. The molecular weight excluding hydrogens is 559 g/mol. The summed E-state index contributed by atoms with van der Waals surface area (Å²) in [5.41, 5.74) is 7.01. The lowest BCUT2D eigenvalue weighted by atomic mass is 9.69. The zero-order valence-electron chi connectivity index (χ0n) is 26.9. The van der Waals surface area contributed by atoms with Crippen LogP contribution in [0, 0.1) is 22.6 Å². The van der Waals surface area contributed by atoms with Gasteiger partial charge in [-0.1, -0.05) is 65.8 Å². The van der Waals surface area contributed by atoms with Gasteiger partial charge >= 0.3 is 5.97 Å². The fourth-order valence-corrected chi connectivity index (χ4v) is 6.50. The molecule has 2 aromatic rings. The summed E-state index contributed by atoms with van der Waals surface area (Å²) in [5, 5.41) is 11.5. The molecular formula is C35H47FN4O4. The van der Waals surface area contributed by atoms with Crippen LogP contribution in [0.15, 0.2) is 53.5 Å². The number of benzene rings is 2. The summed E-state index contributed by atoms with van der Waals surface area (Å²) in [4.78, 5) is 45.0. The van der Waals surface area contributed by atoms with Crippen LogP contribution in [0.2, 0.25) is 0 Å². The number of carboxylic acid groups (broad SMARTS) is 1. The van der Waals surface area contributed by atoms with E-state index in [4.69, 9.17) is 15.8 Å². The number of nitrogens with one attached hydrogen (secondary N) is 1. The molecule has 1 heterocycles. The zero-order valence-corrected chi connectivity index (χ0v) is 26.9. The van der Waals surface area contributed by atoms with Crippen molar-refractivity contribution in [2.24, 2.45) is 27.5 Å². The molecule has 9 heteroatoms. The molecule has 1 aliphatic heterocycles. The van der Waals surface area contributed by atoms with Crippen LogP contribution >= 0.6 is 0 Å². The number of carboxylic acids is 1. The molecule has 0 bridgehead atoms. The first-order chi connectivity index (χ1) is 20.4. The molecule has 0 aromatic heterocycles. The Labute approximate surface area is 260 Å². The molecule has 2 aliphatic rings. The average molecular weight is 607 g/mol. The molecule has 4 rings (SSSR count). The smallest absolute Gasteiger partial charge is 0.305 e. The van der Waals surface area contributed by atoms with Crippen molar-refractivity contribution < 1.29 is 23.9 Å². The quantitative estimate of drug-likeness (QED) is 0.312. The second kappa shape index (κ2) is 12.4. The topological polar surface area (TPSA) is 125 Å². The van der Waals surface area contributed by atoms with E-state index in [-0.39, 0.29) is 41.3 Å². The number of amides is 2. The maximum absolute atomic E-state index is 14.5. The summed E-state index contributed by atoms with van der Waals surface area (Å²) in [5.74, 6) is -1.68. The second-order valence-corrected chi connectivity index (χ2v) is 14.7. The van der Waals surface area contributed by atoms with Gasteiger partial charge in [0.25, 0.3) is 11.8 Å². The first-order valence-corrected chi connectivity index (χ1v) is 15.6. The number of halogens is 1. The van der Waals surface area contributed by atoms with E-state index >= 15 is 0 Å². The maximum Gasteiger partial charge on any atom is 0.305 e. The Hall–Kier alpha value is -3.59. The van der Waals surface area contributed by atoms with Crippen molar-refractivity contribution in [2.75, 3.05) is 6.54 Å². The highest BCUT2D eigenvalue weighted by Crippen LogP contribution is 2.51. The summed E-state index contributed by atoms with van der Waals surface area (Å²) in [7, 11) is 0. The highest BCUT2D eigenvalue weighted by Gasteiger charge is 2.57. The standard InChI is InChI=1S/C35H47FN4O4/c1-32(2,3)19-20-35(37,26-12-10-23(11-13-26)30(43)38-21-16-28(41)42)40-31(44)29(24-8-7-9-27(36)22-24)39-34(40)17-14-25(15-18-34)33(4,5)6/h7-13,22,25H,14-21,37H2,1-6H3,(H,38,43)(H,41,42). The zero-order chi connectivity index (χ0) is 32.5. The lowest BCUT2D eigenvalue weighted by Crippen LogP contribution is -2.64. The van der Waals surface area contributed by atoms with Gasteiger partial charge in [0.15, 0.2) is 0 Å². The van der Waals surface area contributed by atoms with Crippen molar-refractivity contribution in [1.82, 2.24) is 10.2 Å². The summed E-state index contributed by atoms with van der Waals surface area (Å²) >= 11 is 0. The lowest BCUT2D eigenvalue weighted by molar-refractivity contribution is -0.142. The van der Waals surface area contributed by atoms with Crippen LogP contribution in [0.25, 0.3) is 0 Å². The Balaban J connectivity index is 1.78. The number of hydrogen-bond acceptors (Lipinski definition) is 5. The first kappa shape index (κ1) is 33.3. The van der Waals surface area contributed by atoms with Gasteiger partial charge in [-0.2, -0.15) is 0 Å². The van der Waals surface area contributed by atoms with Crippen LogP contribution < -0.4 is 11.1 Å². The largest absolute Gasteiger partial charge is 0.481 e. The fourth-order valence-electron chi connectivity index (χ4n) is 6.50. The van der Waals surface area contributed by atoms with Gasteiger partial charge in [-0.25, -0.2) is 4.39 Å². The van der Waals surface area contributed by atoms with Crippen LogP contribution in [0.3, 0.4) is 0 Å². The van der Waals surface area contributed by atoms with Gasteiger partial charge in [-0.15, -0.1) is 0 Å². The Morgan fingerprint density at radius 2 is 1.68 bits per heavy atom. The highest BCUT2D eigenvalue weighted by atomic mass is 19.1. The molecule has 0 radical (unpaired) electrons. The first-order valence-electron chi connectivity index (χ1n) is 15.6. The molecule has 1 aliphatic carbocycles. The second-order valence-electron chi connectivity index (χ2n) is 14.7. The third-order valence-electron chi connectivity index (χ3n) is 9.18. The molecule has 2 aromatic carbocycles. The van der Waals surface area contributed by atoms with Gasteiger partial charge in [-0.05, 0) is 85.1 Å². The fraction of sp³-hybridized carbons (Fsp3) is 0.543. The van der Waals surface area contributed by atoms with Crippen LogP contribution in [0.1, 0.15) is 108 Å². The summed E-state index contributed by atoms with van der Waals surface area (Å²) in [6.45, 7) is 13.1. The SMILES string of the molecule is CC(C)(C)CCC(N)(c1ccc(C(=O)NCCC(=O)O)cc1)N1C(=O)C(c2cccc(F)c2)=NC12CCC(C(C)(C)C)CC2. The Kier molecular flexibility index (Phi) is 9.40. The third kappa shape index (κ3) is 7.20. The number of rotatable bonds is 9. The van der Waals surface area contributed by atoms with Crippen molar-refractivity contribution in [1.29, 1.82) is 0 Å². The van der Waals surface area contributed by atoms with Gasteiger partial charge in [0.2, 0.25) is 0 Å². The summed E-state index contributed by atoms with van der Waals surface area (Å²) in [6.07, 6.45) is 4.00. The predicted octanol–water partition coefficient (Wildman–Crippen LogP) is 6.23. The van der Waals surface area contributed by atoms with E-state index in [2.05, 4.69) is 46.9 Å². The van der Waals surface area contributed by atoms with Crippen LogP contribution in [-0.4, -0.2) is 45.7 Å². The van der Waals surface area contributed by atoms with Crippen LogP contribution in [0.5, 0.6) is 0 Å². The number of nitrogens with two attached hydrogens (primary N) is 1. The van der Waals surface area contributed by atoms with Crippen molar-refractivity contribution >= 4 is 23.5 Å². The number of hydrogen-bond donors (Lipinski definition) is 3. The Bertz CT molecular complexity index is 1420. The van der Waals surface area contributed by atoms with Gasteiger partial charge in [0, 0.05) is 17.7 Å². The van der Waals surface area contributed by atoms with Gasteiger partial charge in [0.05, 0.1) is 6.42 Å².